The maximum atomic E-state index is 13.8. The lowest BCUT2D eigenvalue weighted by atomic mass is 10.1. The molecule has 0 atom stereocenters. The number of hydrogen-bond acceptors (Lipinski definition) is 2. The van der Waals surface area contributed by atoms with E-state index >= 15 is 0 Å². The first kappa shape index (κ1) is 20.7. The Hall–Kier alpha value is -3.58. The number of unbranched alkanes of at least 4 members (excludes halogenated alkanes) is 2. The Bertz CT molecular complexity index is 1250. The van der Waals surface area contributed by atoms with Crippen molar-refractivity contribution in [2.24, 2.45) is 0 Å². The number of hydrogen-bond donors (Lipinski definition) is 0. The lowest BCUT2D eigenvalue weighted by molar-refractivity contribution is 0.517. The van der Waals surface area contributed by atoms with Gasteiger partial charge in [0.25, 0.3) is 0 Å². The Morgan fingerprint density at radius 2 is 1.52 bits per heavy atom. The molecule has 0 amide bonds. The predicted octanol–water partition coefficient (Wildman–Crippen LogP) is 6.71. The molecule has 154 valence electrons. The van der Waals surface area contributed by atoms with Gasteiger partial charge in [-0.25, -0.2) is 18.7 Å². The fourth-order valence-electron chi connectivity index (χ4n) is 3.40. The fourth-order valence-corrected chi connectivity index (χ4v) is 3.40. The summed E-state index contributed by atoms with van der Waals surface area (Å²) in [5, 5.41) is 0.877. The highest BCUT2D eigenvalue weighted by Gasteiger charge is 2.06. The summed E-state index contributed by atoms with van der Waals surface area (Å²) in [5.41, 5.74) is 3.70. The summed E-state index contributed by atoms with van der Waals surface area (Å²) in [7, 11) is 0. The molecular formula is C27H22F2N2. The Labute approximate surface area is 181 Å². The van der Waals surface area contributed by atoms with Crippen molar-refractivity contribution in [2.75, 3.05) is 0 Å². The normalized spacial score (nSPS) is 10.7. The summed E-state index contributed by atoms with van der Waals surface area (Å²) < 4.78 is 27.2. The van der Waals surface area contributed by atoms with Gasteiger partial charge in [-0.2, -0.15) is 0 Å². The molecular weight excluding hydrogens is 390 g/mol. The van der Waals surface area contributed by atoms with Crippen LogP contribution in [0.5, 0.6) is 0 Å². The van der Waals surface area contributed by atoms with E-state index in [0.29, 0.717) is 11.2 Å². The Morgan fingerprint density at radius 3 is 2.26 bits per heavy atom. The van der Waals surface area contributed by atoms with Crippen LogP contribution in [0, 0.1) is 23.5 Å². The third-order valence-corrected chi connectivity index (χ3v) is 5.18. The molecule has 0 N–H and O–H groups in total. The first-order valence-electron chi connectivity index (χ1n) is 10.4. The van der Waals surface area contributed by atoms with Crippen LogP contribution in [0.2, 0.25) is 0 Å². The molecule has 4 rings (SSSR count). The number of aryl methyl sites for hydroxylation is 1. The molecule has 4 heteroatoms. The van der Waals surface area contributed by atoms with Crippen LogP contribution < -0.4 is 0 Å². The zero-order valence-electron chi connectivity index (χ0n) is 17.3. The van der Waals surface area contributed by atoms with Crippen molar-refractivity contribution in [3.63, 3.8) is 0 Å². The van der Waals surface area contributed by atoms with Crippen molar-refractivity contribution in [2.45, 2.75) is 32.6 Å². The van der Waals surface area contributed by atoms with E-state index in [-0.39, 0.29) is 5.39 Å². The van der Waals surface area contributed by atoms with E-state index in [1.807, 2.05) is 36.7 Å². The van der Waals surface area contributed by atoms with Gasteiger partial charge in [0, 0.05) is 34.5 Å². The average Bonchev–Trinajstić information content (AvgIpc) is 2.81. The highest BCUT2D eigenvalue weighted by atomic mass is 19.2. The van der Waals surface area contributed by atoms with Gasteiger partial charge in [-0.05, 0) is 66.3 Å². The third-order valence-electron chi connectivity index (χ3n) is 5.18. The number of fused-ring (bicyclic) bond motifs is 1. The zero-order valence-corrected chi connectivity index (χ0v) is 17.3. The molecule has 1 heterocycles. The summed E-state index contributed by atoms with van der Waals surface area (Å²) in [6.07, 6.45) is 8.40. The van der Waals surface area contributed by atoms with Crippen molar-refractivity contribution < 1.29 is 8.78 Å². The van der Waals surface area contributed by atoms with E-state index in [9.17, 15) is 8.78 Å². The second kappa shape index (κ2) is 9.49. The van der Waals surface area contributed by atoms with Crippen molar-refractivity contribution in [1.82, 2.24) is 9.97 Å². The highest BCUT2D eigenvalue weighted by molar-refractivity contribution is 5.84. The van der Waals surface area contributed by atoms with Gasteiger partial charge >= 0.3 is 0 Å². The van der Waals surface area contributed by atoms with Gasteiger partial charge in [-0.3, -0.25) is 0 Å². The molecule has 31 heavy (non-hydrogen) atoms. The van der Waals surface area contributed by atoms with Crippen LogP contribution in [0.15, 0.2) is 67.0 Å². The monoisotopic (exact) mass is 412 g/mol. The van der Waals surface area contributed by atoms with Crippen molar-refractivity contribution >= 4 is 10.8 Å². The maximum Gasteiger partial charge on any atom is 0.166 e. The van der Waals surface area contributed by atoms with Crippen LogP contribution in [0.3, 0.4) is 0 Å². The van der Waals surface area contributed by atoms with Gasteiger partial charge in [-0.1, -0.05) is 43.7 Å². The van der Waals surface area contributed by atoms with Crippen molar-refractivity contribution in [3.8, 4) is 23.2 Å². The predicted molar refractivity (Wildman–Crippen MR) is 121 cm³/mol. The van der Waals surface area contributed by atoms with Gasteiger partial charge in [0.15, 0.2) is 17.5 Å². The second-order valence-corrected chi connectivity index (χ2v) is 7.50. The highest BCUT2D eigenvalue weighted by Crippen LogP contribution is 2.21. The third kappa shape index (κ3) is 4.95. The second-order valence-electron chi connectivity index (χ2n) is 7.50. The molecule has 1 aromatic heterocycles. The van der Waals surface area contributed by atoms with Crippen molar-refractivity contribution in [1.29, 1.82) is 0 Å². The largest absolute Gasteiger partial charge is 0.236 e. The van der Waals surface area contributed by atoms with Gasteiger partial charge in [-0.15, -0.1) is 0 Å². The minimum absolute atomic E-state index is 0.256. The number of benzene rings is 3. The Balaban J connectivity index is 1.47. The molecule has 0 aliphatic rings. The number of rotatable bonds is 5. The van der Waals surface area contributed by atoms with Crippen LogP contribution in [0.25, 0.3) is 22.2 Å². The van der Waals surface area contributed by atoms with E-state index in [0.717, 1.165) is 41.2 Å². The van der Waals surface area contributed by atoms with Gasteiger partial charge in [0.05, 0.1) is 0 Å². The molecule has 4 aromatic rings. The van der Waals surface area contributed by atoms with E-state index < -0.39 is 11.6 Å². The van der Waals surface area contributed by atoms with Gasteiger partial charge < -0.3 is 0 Å². The number of aromatic nitrogens is 2. The summed E-state index contributed by atoms with van der Waals surface area (Å²) in [4.78, 5) is 8.98. The smallest absolute Gasteiger partial charge is 0.166 e. The van der Waals surface area contributed by atoms with E-state index in [1.54, 1.807) is 24.3 Å². The zero-order chi connectivity index (χ0) is 21.6. The Kier molecular flexibility index (Phi) is 6.33. The summed E-state index contributed by atoms with van der Waals surface area (Å²) in [6.45, 7) is 2.19. The molecule has 0 fully saturated rings. The van der Waals surface area contributed by atoms with Gasteiger partial charge in [0.2, 0.25) is 0 Å². The number of halogens is 2. The molecule has 0 radical (unpaired) electrons. The minimum atomic E-state index is -0.846. The molecule has 0 saturated heterocycles. The SMILES string of the molecule is CCCCCc1cnc(-c2ccc(C#Cc3ccc4c(F)c(F)ccc4c3)cc2)nc1. The first-order chi connectivity index (χ1) is 15.1. The van der Waals surface area contributed by atoms with Crippen LogP contribution in [0.1, 0.15) is 42.9 Å². The standard InChI is InChI=1S/C27H22F2N2/c1-2-3-4-5-21-17-30-27(31-18-21)22-11-8-19(9-12-22)6-7-20-10-14-24-23(16-20)13-15-25(28)26(24)29/h8-18H,2-5H2,1H3. The summed E-state index contributed by atoms with van der Waals surface area (Å²) >= 11 is 0. The molecule has 3 aromatic carbocycles. The van der Waals surface area contributed by atoms with Crippen LogP contribution >= 0.6 is 0 Å². The van der Waals surface area contributed by atoms with Gasteiger partial charge in [0.1, 0.15) is 0 Å². The van der Waals surface area contributed by atoms with E-state index in [1.165, 1.54) is 12.8 Å². The Morgan fingerprint density at radius 1 is 0.806 bits per heavy atom. The van der Waals surface area contributed by atoms with Crippen molar-refractivity contribution in [3.05, 3.63) is 95.3 Å². The quantitative estimate of drug-likeness (QED) is 0.269. The first-order valence-corrected chi connectivity index (χ1v) is 10.4. The molecule has 0 aliphatic carbocycles. The van der Waals surface area contributed by atoms with E-state index in [2.05, 4.69) is 28.7 Å². The average molecular weight is 412 g/mol. The maximum absolute atomic E-state index is 13.8. The number of nitrogens with zero attached hydrogens (tertiary/aromatic N) is 2. The minimum Gasteiger partial charge on any atom is -0.236 e. The summed E-state index contributed by atoms with van der Waals surface area (Å²) in [6, 6.07) is 15.5. The molecule has 2 nitrogen and oxygen atoms in total. The van der Waals surface area contributed by atoms with E-state index in [4.69, 9.17) is 0 Å². The molecule has 0 aliphatic heterocycles. The fraction of sp³-hybridized carbons (Fsp3) is 0.185. The molecule has 0 spiro atoms. The molecule has 0 unspecified atom stereocenters. The van der Waals surface area contributed by atoms with Crippen LogP contribution in [-0.4, -0.2) is 9.97 Å². The summed E-state index contributed by atoms with van der Waals surface area (Å²) in [5.74, 6) is 5.21. The lowest BCUT2D eigenvalue weighted by Gasteiger charge is -2.03. The molecule has 0 saturated carbocycles. The topological polar surface area (TPSA) is 25.8 Å². The lowest BCUT2D eigenvalue weighted by Crippen LogP contribution is -1.93. The van der Waals surface area contributed by atoms with Crippen LogP contribution in [-0.2, 0) is 6.42 Å². The van der Waals surface area contributed by atoms with Crippen LogP contribution in [0.4, 0.5) is 8.78 Å². The molecule has 0 bridgehead atoms.